The van der Waals surface area contributed by atoms with Crippen LogP contribution in [0.5, 0.6) is 0 Å². The van der Waals surface area contributed by atoms with Crippen LogP contribution in [-0.2, 0) is 6.61 Å². The molecule has 0 atom stereocenters. The van der Waals surface area contributed by atoms with Crippen LogP contribution in [-0.4, -0.2) is 24.9 Å². The molecular formula is C11H14N4O. The zero-order valence-electron chi connectivity index (χ0n) is 10.3. The standard InChI is InChI=1S/C11H14N4O/c1-8(2)15-10(3-4-14-15)11-9(6-16)5-12-7-13-11/h3-5,7-8,16H,6H2,1-2H3/i8D. The average Bonchev–Trinajstić information content (AvgIpc) is 2.77. The predicted molar refractivity (Wildman–Crippen MR) is 59.6 cm³/mol. The highest BCUT2D eigenvalue weighted by molar-refractivity contribution is 5.58. The van der Waals surface area contributed by atoms with Gasteiger partial charge in [0, 0.05) is 24.0 Å². The van der Waals surface area contributed by atoms with Crippen molar-refractivity contribution >= 4 is 0 Å². The summed E-state index contributed by atoms with van der Waals surface area (Å²) < 4.78 is 9.57. The lowest BCUT2D eigenvalue weighted by Gasteiger charge is -2.11. The molecule has 0 aliphatic heterocycles. The molecule has 0 aromatic carbocycles. The Morgan fingerprint density at radius 3 is 3.06 bits per heavy atom. The molecule has 84 valence electrons. The maximum Gasteiger partial charge on any atom is 0.116 e. The molecule has 5 nitrogen and oxygen atoms in total. The molecule has 0 saturated heterocycles. The van der Waals surface area contributed by atoms with Crippen molar-refractivity contribution in [3.63, 3.8) is 0 Å². The smallest absolute Gasteiger partial charge is 0.116 e. The van der Waals surface area contributed by atoms with Gasteiger partial charge >= 0.3 is 0 Å². The lowest BCUT2D eigenvalue weighted by atomic mass is 10.2. The summed E-state index contributed by atoms with van der Waals surface area (Å²) in [5.74, 6) is 0. The molecule has 16 heavy (non-hydrogen) atoms. The van der Waals surface area contributed by atoms with Crippen LogP contribution >= 0.6 is 0 Å². The van der Waals surface area contributed by atoms with Gasteiger partial charge in [-0.3, -0.25) is 4.68 Å². The Morgan fingerprint density at radius 1 is 1.56 bits per heavy atom. The minimum atomic E-state index is -0.878. The molecule has 5 heteroatoms. The van der Waals surface area contributed by atoms with Crippen LogP contribution in [0.15, 0.2) is 24.8 Å². The van der Waals surface area contributed by atoms with E-state index in [1.807, 2.05) is 0 Å². The number of hydrogen-bond donors (Lipinski definition) is 1. The van der Waals surface area contributed by atoms with Crippen LogP contribution in [0.2, 0.25) is 0 Å². The summed E-state index contributed by atoms with van der Waals surface area (Å²) in [6, 6.07) is 0.897. The van der Waals surface area contributed by atoms with Gasteiger partial charge in [-0.05, 0) is 19.9 Å². The molecule has 0 spiro atoms. The van der Waals surface area contributed by atoms with Crippen molar-refractivity contribution in [2.45, 2.75) is 26.5 Å². The van der Waals surface area contributed by atoms with Crippen LogP contribution in [0, 0.1) is 0 Å². The van der Waals surface area contributed by atoms with E-state index in [4.69, 9.17) is 1.37 Å². The molecule has 2 aromatic heterocycles. The van der Waals surface area contributed by atoms with Crippen LogP contribution in [0.4, 0.5) is 0 Å². The SMILES string of the molecule is [2H]C(C)(C)n1nccc1-c1ncncc1CO. The number of aromatic nitrogens is 4. The Hall–Kier alpha value is -1.75. The van der Waals surface area contributed by atoms with Gasteiger partial charge in [-0.2, -0.15) is 5.10 Å². The van der Waals surface area contributed by atoms with Gasteiger partial charge in [0.15, 0.2) is 0 Å². The lowest BCUT2D eigenvalue weighted by Crippen LogP contribution is -2.06. The molecule has 0 saturated carbocycles. The third kappa shape index (κ3) is 1.81. The fraction of sp³-hybridized carbons (Fsp3) is 0.364. The van der Waals surface area contributed by atoms with Crippen molar-refractivity contribution in [3.05, 3.63) is 30.4 Å². The number of nitrogens with zero attached hydrogens (tertiary/aromatic N) is 4. The van der Waals surface area contributed by atoms with Crippen LogP contribution in [0.1, 0.15) is 26.8 Å². The first-order valence-corrected chi connectivity index (χ1v) is 4.98. The summed E-state index contributed by atoms with van der Waals surface area (Å²) in [4.78, 5) is 8.02. The quantitative estimate of drug-likeness (QED) is 0.847. The van der Waals surface area contributed by atoms with Gasteiger partial charge in [0.25, 0.3) is 0 Å². The first kappa shape index (κ1) is 9.47. The molecule has 0 radical (unpaired) electrons. The van der Waals surface area contributed by atoms with Crippen molar-refractivity contribution in [2.75, 3.05) is 0 Å². The van der Waals surface area contributed by atoms with Crippen LogP contribution < -0.4 is 0 Å². The highest BCUT2D eigenvalue weighted by atomic mass is 16.3. The van der Waals surface area contributed by atoms with Crippen molar-refractivity contribution in [3.8, 4) is 11.4 Å². The average molecular weight is 219 g/mol. The van der Waals surface area contributed by atoms with Crippen molar-refractivity contribution in [1.29, 1.82) is 0 Å². The van der Waals surface area contributed by atoms with E-state index in [-0.39, 0.29) is 6.61 Å². The van der Waals surface area contributed by atoms with Crippen molar-refractivity contribution in [1.82, 2.24) is 19.7 Å². The summed E-state index contributed by atoms with van der Waals surface area (Å²) >= 11 is 0. The molecule has 0 bridgehead atoms. The number of rotatable bonds is 3. The summed E-state index contributed by atoms with van der Waals surface area (Å²) in [6.45, 7) is 3.34. The summed E-state index contributed by atoms with van der Waals surface area (Å²) in [7, 11) is 0. The van der Waals surface area contributed by atoms with E-state index in [9.17, 15) is 5.11 Å². The Labute approximate surface area is 95.2 Å². The predicted octanol–water partition coefficient (Wildman–Crippen LogP) is 1.41. The maximum absolute atomic E-state index is 9.25. The fourth-order valence-electron chi connectivity index (χ4n) is 1.54. The Bertz CT molecular complexity index is 518. The molecule has 1 N–H and O–H groups in total. The summed E-state index contributed by atoms with van der Waals surface area (Å²) in [6.07, 6.45) is 4.61. The molecule has 2 aromatic rings. The fourth-order valence-corrected chi connectivity index (χ4v) is 1.54. The Morgan fingerprint density at radius 2 is 2.38 bits per heavy atom. The third-order valence-corrected chi connectivity index (χ3v) is 2.27. The number of aliphatic hydroxyl groups excluding tert-OH is 1. The second-order valence-electron chi connectivity index (χ2n) is 3.63. The largest absolute Gasteiger partial charge is 0.392 e. The minimum Gasteiger partial charge on any atom is -0.392 e. The minimum absolute atomic E-state index is 0.139. The van der Waals surface area contributed by atoms with E-state index in [0.717, 1.165) is 0 Å². The van der Waals surface area contributed by atoms with Gasteiger partial charge in [0.05, 0.1) is 19.4 Å². The van der Waals surface area contributed by atoms with Gasteiger partial charge in [-0.1, -0.05) is 0 Å². The highest BCUT2D eigenvalue weighted by Crippen LogP contribution is 2.22. The first-order chi connectivity index (χ1) is 8.04. The van der Waals surface area contributed by atoms with E-state index in [1.165, 1.54) is 6.33 Å². The number of aliphatic hydroxyl groups is 1. The Balaban J connectivity index is 2.58. The van der Waals surface area contributed by atoms with Gasteiger partial charge in [-0.25, -0.2) is 9.97 Å². The van der Waals surface area contributed by atoms with Crippen LogP contribution in [0.3, 0.4) is 0 Å². The number of hydrogen-bond acceptors (Lipinski definition) is 4. The molecular weight excluding hydrogens is 204 g/mol. The maximum atomic E-state index is 9.25. The van der Waals surface area contributed by atoms with Gasteiger partial charge in [0.1, 0.15) is 6.33 Å². The third-order valence-electron chi connectivity index (χ3n) is 2.27. The Kier molecular flexibility index (Phi) is 2.61. The molecule has 0 unspecified atom stereocenters. The van der Waals surface area contributed by atoms with Crippen molar-refractivity contribution in [2.24, 2.45) is 0 Å². The van der Waals surface area contributed by atoms with E-state index < -0.39 is 6.02 Å². The second kappa shape index (κ2) is 4.40. The zero-order valence-corrected chi connectivity index (χ0v) is 9.25. The molecule has 2 heterocycles. The van der Waals surface area contributed by atoms with E-state index in [0.29, 0.717) is 17.0 Å². The van der Waals surface area contributed by atoms with Gasteiger partial charge < -0.3 is 5.11 Å². The van der Waals surface area contributed by atoms with Crippen LogP contribution in [0.25, 0.3) is 11.4 Å². The summed E-state index contributed by atoms with van der Waals surface area (Å²) in [5.41, 5.74) is 1.94. The molecule has 0 fully saturated rings. The lowest BCUT2D eigenvalue weighted by molar-refractivity contribution is 0.281. The first-order valence-electron chi connectivity index (χ1n) is 5.48. The molecule has 0 aliphatic rings. The highest BCUT2D eigenvalue weighted by Gasteiger charge is 2.12. The molecule has 0 aliphatic carbocycles. The zero-order chi connectivity index (χ0) is 12.5. The van der Waals surface area contributed by atoms with E-state index in [2.05, 4.69) is 15.1 Å². The monoisotopic (exact) mass is 219 g/mol. The normalized spacial score (nSPS) is 12.6. The summed E-state index contributed by atoms with van der Waals surface area (Å²) in [5, 5.41) is 13.4. The van der Waals surface area contributed by atoms with Gasteiger partial charge in [0.2, 0.25) is 0 Å². The topological polar surface area (TPSA) is 63.8 Å². The second-order valence-corrected chi connectivity index (χ2v) is 3.63. The van der Waals surface area contributed by atoms with E-state index >= 15 is 0 Å². The molecule has 2 rings (SSSR count). The molecule has 0 amide bonds. The van der Waals surface area contributed by atoms with Crippen molar-refractivity contribution < 1.29 is 6.48 Å². The van der Waals surface area contributed by atoms with Gasteiger partial charge in [-0.15, -0.1) is 0 Å². The van der Waals surface area contributed by atoms with E-state index in [1.54, 1.807) is 37.0 Å².